The molecule has 0 saturated heterocycles. The zero-order valence-electron chi connectivity index (χ0n) is 19.6. The summed E-state index contributed by atoms with van der Waals surface area (Å²) in [4.78, 5) is 23.4. The van der Waals surface area contributed by atoms with Crippen LogP contribution in [0.5, 0.6) is 0 Å². The lowest BCUT2D eigenvalue weighted by Gasteiger charge is -2.19. The number of aryl methyl sites for hydroxylation is 1. The Morgan fingerprint density at radius 3 is 2.15 bits per heavy atom. The van der Waals surface area contributed by atoms with Gasteiger partial charge in [0, 0.05) is 25.1 Å². The lowest BCUT2D eigenvalue weighted by Crippen LogP contribution is -2.34. The van der Waals surface area contributed by atoms with E-state index in [1.165, 1.54) is 0 Å². The quantitative estimate of drug-likeness (QED) is 0.454. The van der Waals surface area contributed by atoms with E-state index in [4.69, 9.17) is 14.2 Å². The van der Waals surface area contributed by atoms with Gasteiger partial charge in [-0.25, -0.2) is 4.79 Å². The fraction of sp³-hybridized carbons (Fsp3) is 0.545. The summed E-state index contributed by atoms with van der Waals surface area (Å²) in [7, 11) is 0. The third-order valence-corrected chi connectivity index (χ3v) is 4.04. The summed E-state index contributed by atoms with van der Waals surface area (Å²) in [6.07, 6.45) is -0.216. The van der Waals surface area contributed by atoms with Gasteiger partial charge >= 0.3 is 6.09 Å². The van der Waals surface area contributed by atoms with Crippen molar-refractivity contribution in [3.05, 3.63) is 35.7 Å². The average molecular weight is 461 g/mol. The Morgan fingerprint density at radius 1 is 0.879 bits per heavy atom. The Kier molecular flexibility index (Phi) is 10.6. The maximum absolute atomic E-state index is 12.0. The number of nitrogens with zero attached hydrogens (tertiary/aromatic N) is 4. The van der Waals surface area contributed by atoms with E-state index in [1.54, 1.807) is 27.7 Å². The molecule has 1 heterocycles. The van der Waals surface area contributed by atoms with Crippen molar-refractivity contribution in [3.63, 3.8) is 0 Å². The van der Waals surface area contributed by atoms with Crippen LogP contribution < -0.4 is 10.6 Å². The topological polar surface area (TPSA) is 137 Å². The van der Waals surface area contributed by atoms with Crippen LogP contribution >= 0.6 is 0 Å². The molecule has 0 spiro atoms. The van der Waals surface area contributed by atoms with Gasteiger partial charge in [-0.05, 0) is 33.3 Å². The van der Waals surface area contributed by atoms with Gasteiger partial charge in [0.2, 0.25) is 11.7 Å². The van der Waals surface area contributed by atoms with E-state index < -0.39 is 11.7 Å². The molecule has 33 heavy (non-hydrogen) atoms. The molecule has 1 aromatic heterocycles. The van der Waals surface area contributed by atoms with Crippen LogP contribution in [0.1, 0.15) is 38.6 Å². The highest BCUT2D eigenvalue weighted by molar-refractivity contribution is 5.76. The molecule has 0 aliphatic heterocycles. The number of rotatable bonds is 12. The minimum absolute atomic E-state index is 0.100. The van der Waals surface area contributed by atoms with Crippen LogP contribution in [0, 0.1) is 6.92 Å². The van der Waals surface area contributed by atoms with Gasteiger partial charge in [-0.15, -0.1) is 20.4 Å². The molecule has 0 bridgehead atoms. The molecule has 180 valence electrons. The molecular weight excluding hydrogens is 428 g/mol. The van der Waals surface area contributed by atoms with E-state index in [0.717, 1.165) is 11.1 Å². The average Bonchev–Trinajstić information content (AvgIpc) is 2.76. The molecule has 2 rings (SSSR count). The number of carbonyl (C=O) groups excluding carboxylic acids is 2. The smallest absolute Gasteiger partial charge is 0.407 e. The molecule has 0 unspecified atom stereocenters. The van der Waals surface area contributed by atoms with Crippen LogP contribution in [0.3, 0.4) is 0 Å². The molecule has 0 fully saturated rings. The Balaban J connectivity index is 1.49. The SMILES string of the molecule is Cc1nnc(-c2ccc(CNC(=O)CCOCCOCCNC(=O)OC(C)(C)C)cc2)nn1. The second kappa shape index (κ2) is 13.4. The first-order chi connectivity index (χ1) is 15.7. The first kappa shape index (κ1) is 26.1. The Labute approximate surface area is 193 Å². The minimum Gasteiger partial charge on any atom is -0.444 e. The van der Waals surface area contributed by atoms with Gasteiger partial charge in [0.05, 0.1) is 26.4 Å². The first-order valence-corrected chi connectivity index (χ1v) is 10.8. The molecule has 2 amide bonds. The molecule has 2 aromatic rings. The van der Waals surface area contributed by atoms with Crippen molar-refractivity contribution in [2.24, 2.45) is 0 Å². The van der Waals surface area contributed by atoms with Gasteiger partial charge < -0.3 is 24.8 Å². The van der Waals surface area contributed by atoms with Crippen molar-refractivity contribution in [2.45, 2.75) is 46.3 Å². The third kappa shape index (κ3) is 11.3. The van der Waals surface area contributed by atoms with Crippen molar-refractivity contribution in [1.82, 2.24) is 31.0 Å². The fourth-order valence-corrected chi connectivity index (χ4v) is 2.48. The lowest BCUT2D eigenvalue weighted by atomic mass is 10.1. The number of ether oxygens (including phenoxy) is 3. The third-order valence-electron chi connectivity index (χ3n) is 4.04. The summed E-state index contributed by atoms with van der Waals surface area (Å²) in [6, 6.07) is 7.51. The monoisotopic (exact) mass is 460 g/mol. The zero-order chi connectivity index (χ0) is 24.1. The van der Waals surface area contributed by atoms with E-state index in [2.05, 4.69) is 31.0 Å². The minimum atomic E-state index is -0.525. The molecule has 0 aliphatic carbocycles. The number of benzene rings is 1. The predicted octanol–water partition coefficient (Wildman–Crippen LogP) is 1.81. The van der Waals surface area contributed by atoms with Gasteiger partial charge in [-0.3, -0.25) is 4.79 Å². The van der Waals surface area contributed by atoms with Crippen LogP contribution in [-0.4, -0.2) is 71.0 Å². The van der Waals surface area contributed by atoms with E-state index in [9.17, 15) is 9.59 Å². The summed E-state index contributed by atoms with van der Waals surface area (Å²) >= 11 is 0. The Hall–Kier alpha value is -3.18. The summed E-state index contributed by atoms with van der Waals surface area (Å²) in [5.74, 6) is 0.871. The first-order valence-electron chi connectivity index (χ1n) is 10.8. The number of hydrogen-bond donors (Lipinski definition) is 2. The van der Waals surface area contributed by atoms with Crippen molar-refractivity contribution < 1.29 is 23.8 Å². The molecule has 1 aromatic carbocycles. The maximum Gasteiger partial charge on any atom is 0.407 e. The van der Waals surface area contributed by atoms with E-state index in [0.29, 0.717) is 51.2 Å². The largest absolute Gasteiger partial charge is 0.444 e. The zero-order valence-corrected chi connectivity index (χ0v) is 19.6. The van der Waals surface area contributed by atoms with Gasteiger partial charge in [-0.2, -0.15) is 0 Å². The summed E-state index contributed by atoms with van der Waals surface area (Å²) in [5, 5.41) is 21.3. The molecule has 0 saturated carbocycles. The molecular formula is C22H32N6O5. The van der Waals surface area contributed by atoms with Gasteiger partial charge in [0.1, 0.15) is 5.60 Å². The Bertz CT molecular complexity index is 868. The van der Waals surface area contributed by atoms with Gasteiger partial charge in [-0.1, -0.05) is 24.3 Å². The van der Waals surface area contributed by atoms with Crippen molar-refractivity contribution in [1.29, 1.82) is 0 Å². The number of aromatic nitrogens is 4. The lowest BCUT2D eigenvalue weighted by molar-refractivity contribution is -0.122. The standard InChI is InChI=1S/C22H32N6O5/c1-16-25-27-20(28-26-16)18-7-5-17(6-8-18)15-24-19(29)9-11-31-13-14-32-12-10-23-21(30)33-22(2,3)4/h5-8H,9-15H2,1-4H3,(H,23,30)(H,24,29). The number of alkyl carbamates (subject to hydrolysis) is 1. The van der Waals surface area contributed by atoms with Crippen LogP contribution in [0.15, 0.2) is 24.3 Å². The second-order valence-corrected chi connectivity index (χ2v) is 8.15. The van der Waals surface area contributed by atoms with Crippen LogP contribution in [0.25, 0.3) is 11.4 Å². The van der Waals surface area contributed by atoms with Crippen molar-refractivity contribution in [2.75, 3.05) is 33.0 Å². The van der Waals surface area contributed by atoms with Crippen molar-refractivity contribution >= 4 is 12.0 Å². The highest BCUT2D eigenvalue weighted by Crippen LogP contribution is 2.14. The summed E-state index contributed by atoms with van der Waals surface area (Å²) < 4.78 is 15.9. The van der Waals surface area contributed by atoms with Gasteiger partial charge in [0.15, 0.2) is 5.82 Å². The molecule has 11 nitrogen and oxygen atoms in total. The number of hydrogen-bond acceptors (Lipinski definition) is 9. The molecule has 11 heteroatoms. The second-order valence-electron chi connectivity index (χ2n) is 8.15. The van der Waals surface area contributed by atoms with Crippen LogP contribution in [0.4, 0.5) is 4.79 Å². The number of carbonyl (C=O) groups is 2. The van der Waals surface area contributed by atoms with E-state index in [1.807, 2.05) is 24.3 Å². The summed E-state index contributed by atoms with van der Waals surface area (Å²) in [6.45, 7) is 9.29. The number of nitrogens with one attached hydrogen (secondary N) is 2. The fourth-order valence-electron chi connectivity index (χ4n) is 2.48. The molecule has 0 aliphatic rings. The van der Waals surface area contributed by atoms with Crippen LogP contribution in [-0.2, 0) is 25.5 Å². The van der Waals surface area contributed by atoms with Crippen molar-refractivity contribution in [3.8, 4) is 11.4 Å². The highest BCUT2D eigenvalue weighted by Gasteiger charge is 2.15. The molecule has 0 radical (unpaired) electrons. The summed E-state index contributed by atoms with van der Waals surface area (Å²) in [5.41, 5.74) is 1.23. The predicted molar refractivity (Wildman–Crippen MR) is 120 cm³/mol. The normalized spacial score (nSPS) is 11.2. The number of amides is 2. The molecule has 0 atom stereocenters. The highest BCUT2D eigenvalue weighted by atomic mass is 16.6. The van der Waals surface area contributed by atoms with Crippen LogP contribution in [0.2, 0.25) is 0 Å². The van der Waals surface area contributed by atoms with E-state index >= 15 is 0 Å². The Morgan fingerprint density at radius 2 is 1.52 bits per heavy atom. The maximum atomic E-state index is 12.0. The molecule has 2 N–H and O–H groups in total. The van der Waals surface area contributed by atoms with E-state index in [-0.39, 0.29) is 12.3 Å². The van der Waals surface area contributed by atoms with Gasteiger partial charge in [0.25, 0.3) is 0 Å².